The molecule has 17 heavy (non-hydrogen) atoms. The van der Waals surface area contributed by atoms with E-state index < -0.39 is 0 Å². The summed E-state index contributed by atoms with van der Waals surface area (Å²) in [6, 6.07) is 2.43. The van der Waals surface area contributed by atoms with Crippen LogP contribution in [0.15, 0.2) is 0 Å². The van der Waals surface area contributed by atoms with Gasteiger partial charge in [0.1, 0.15) is 5.54 Å². The average Bonchev–Trinajstić information content (AvgIpc) is 2.32. The molecule has 96 valence electrons. The quantitative estimate of drug-likeness (QED) is 0.798. The lowest BCUT2D eigenvalue weighted by molar-refractivity contribution is 0.000332. The molecule has 0 aromatic heterocycles. The van der Waals surface area contributed by atoms with Crippen molar-refractivity contribution >= 4 is 0 Å². The van der Waals surface area contributed by atoms with Crippen LogP contribution in [0.3, 0.4) is 0 Å². The van der Waals surface area contributed by atoms with Crippen molar-refractivity contribution in [1.29, 1.82) is 5.26 Å². The van der Waals surface area contributed by atoms with Crippen LogP contribution in [0.4, 0.5) is 0 Å². The monoisotopic (exact) mass is 236 g/mol. The molecule has 0 aromatic carbocycles. The fourth-order valence-electron chi connectivity index (χ4n) is 2.93. The highest BCUT2D eigenvalue weighted by atomic mass is 16.5. The molecule has 3 heteroatoms. The summed E-state index contributed by atoms with van der Waals surface area (Å²) in [6.07, 6.45) is 9.74. The van der Waals surface area contributed by atoms with Gasteiger partial charge in [0, 0.05) is 13.0 Å². The summed E-state index contributed by atoms with van der Waals surface area (Å²) in [7, 11) is 1.89. The third-order valence-corrected chi connectivity index (χ3v) is 4.50. The maximum Gasteiger partial charge on any atom is 0.109 e. The first kappa shape index (κ1) is 12.9. The van der Waals surface area contributed by atoms with Crippen molar-refractivity contribution in [3.63, 3.8) is 0 Å². The standard InChI is InChI=1S/C14H24N2O/c1-16-14(11-15)8-3-6-13(10-14)17-9-7-12-4-2-5-12/h12-13,16H,2-10H2,1H3. The molecule has 0 aliphatic heterocycles. The molecule has 0 bridgehead atoms. The van der Waals surface area contributed by atoms with Crippen molar-refractivity contribution in [2.75, 3.05) is 13.7 Å². The predicted octanol–water partition coefficient (Wildman–Crippen LogP) is 2.62. The van der Waals surface area contributed by atoms with Gasteiger partial charge in [0.25, 0.3) is 0 Å². The molecular weight excluding hydrogens is 212 g/mol. The van der Waals surface area contributed by atoms with Gasteiger partial charge in [-0.05, 0) is 38.6 Å². The molecule has 0 spiro atoms. The van der Waals surface area contributed by atoms with Crippen molar-refractivity contribution in [2.45, 2.75) is 63.0 Å². The van der Waals surface area contributed by atoms with Gasteiger partial charge in [0.05, 0.1) is 12.2 Å². The molecule has 2 atom stereocenters. The lowest BCUT2D eigenvalue weighted by atomic mass is 9.81. The molecule has 2 rings (SSSR count). The largest absolute Gasteiger partial charge is 0.378 e. The van der Waals surface area contributed by atoms with Crippen molar-refractivity contribution < 1.29 is 4.74 Å². The third kappa shape index (κ3) is 3.20. The van der Waals surface area contributed by atoms with Crippen LogP contribution in [0, 0.1) is 17.2 Å². The summed E-state index contributed by atoms with van der Waals surface area (Å²) in [5.41, 5.74) is -0.334. The van der Waals surface area contributed by atoms with E-state index in [2.05, 4.69) is 11.4 Å². The highest BCUT2D eigenvalue weighted by Gasteiger charge is 2.35. The van der Waals surface area contributed by atoms with Gasteiger partial charge in [-0.3, -0.25) is 0 Å². The van der Waals surface area contributed by atoms with Crippen molar-refractivity contribution in [3.8, 4) is 6.07 Å². The molecular formula is C14H24N2O. The topological polar surface area (TPSA) is 45.0 Å². The minimum Gasteiger partial charge on any atom is -0.378 e. The lowest BCUT2D eigenvalue weighted by Gasteiger charge is -2.35. The molecule has 0 aromatic rings. The van der Waals surface area contributed by atoms with Gasteiger partial charge in [0.2, 0.25) is 0 Å². The summed E-state index contributed by atoms with van der Waals surface area (Å²) in [5.74, 6) is 0.920. The number of ether oxygens (including phenoxy) is 1. The second-order valence-electron chi connectivity index (χ2n) is 5.62. The van der Waals surface area contributed by atoms with Crippen LogP contribution in [0.5, 0.6) is 0 Å². The first-order valence-electron chi connectivity index (χ1n) is 7.00. The molecule has 2 saturated carbocycles. The van der Waals surface area contributed by atoms with Crippen LogP contribution in [0.2, 0.25) is 0 Å². The minimum atomic E-state index is -0.334. The first-order chi connectivity index (χ1) is 8.28. The smallest absolute Gasteiger partial charge is 0.109 e. The zero-order chi connectivity index (χ0) is 12.1. The molecule has 2 aliphatic rings. The van der Waals surface area contributed by atoms with Crippen molar-refractivity contribution in [3.05, 3.63) is 0 Å². The van der Waals surface area contributed by atoms with E-state index in [4.69, 9.17) is 4.74 Å². The van der Waals surface area contributed by atoms with E-state index in [1.807, 2.05) is 7.05 Å². The van der Waals surface area contributed by atoms with Gasteiger partial charge in [-0.1, -0.05) is 19.3 Å². The Hall–Kier alpha value is -0.590. The van der Waals surface area contributed by atoms with Crippen molar-refractivity contribution in [2.24, 2.45) is 5.92 Å². The summed E-state index contributed by atoms with van der Waals surface area (Å²) >= 11 is 0. The van der Waals surface area contributed by atoms with Gasteiger partial charge >= 0.3 is 0 Å². The highest BCUT2D eigenvalue weighted by molar-refractivity contribution is 5.09. The van der Waals surface area contributed by atoms with Crippen LogP contribution in [0.1, 0.15) is 51.4 Å². The summed E-state index contributed by atoms with van der Waals surface area (Å²) in [5, 5.41) is 12.4. The second-order valence-corrected chi connectivity index (χ2v) is 5.62. The molecule has 0 heterocycles. The summed E-state index contributed by atoms with van der Waals surface area (Å²) in [4.78, 5) is 0. The van der Waals surface area contributed by atoms with E-state index in [0.717, 1.165) is 38.2 Å². The van der Waals surface area contributed by atoms with E-state index in [-0.39, 0.29) is 11.6 Å². The highest BCUT2D eigenvalue weighted by Crippen LogP contribution is 2.32. The molecule has 0 radical (unpaired) electrons. The Labute approximate surface area is 105 Å². The Balaban J connectivity index is 1.71. The molecule has 0 amide bonds. The molecule has 3 nitrogen and oxygen atoms in total. The van der Waals surface area contributed by atoms with Crippen LogP contribution >= 0.6 is 0 Å². The van der Waals surface area contributed by atoms with E-state index in [9.17, 15) is 5.26 Å². The van der Waals surface area contributed by atoms with Gasteiger partial charge in [-0.15, -0.1) is 0 Å². The van der Waals surface area contributed by atoms with Crippen LogP contribution in [0.25, 0.3) is 0 Å². The van der Waals surface area contributed by atoms with E-state index in [0.29, 0.717) is 0 Å². The number of hydrogen-bond acceptors (Lipinski definition) is 3. The Morgan fingerprint density at radius 3 is 2.76 bits per heavy atom. The van der Waals surface area contributed by atoms with Gasteiger partial charge in [-0.25, -0.2) is 0 Å². The third-order valence-electron chi connectivity index (χ3n) is 4.50. The summed E-state index contributed by atoms with van der Waals surface area (Å²) < 4.78 is 5.96. The molecule has 0 saturated heterocycles. The SMILES string of the molecule is CNC1(C#N)CCCC(OCCC2CCC2)C1. The Morgan fingerprint density at radius 1 is 1.35 bits per heavy atom. The number of nitriles is 1. The van der Waals surface area contributed by atoms with Crippen molar-refractivity contribution in [1.82, 2.24) is 5.32 Å². The predicted molar refractivity (Wildman–Crippen MR) is 67.6 cm³/mol. The Morgan fingerprint density at radius 2 is 2.18 bits per heavy atom. The van der Waals surface area contributed by atoms with Crippen LogP contribution in [-0.2, 0) is 4.74 Å². The molecule has 2 fully saturated rings. The number of hydrogen-bond donors (Lipinski definition) is 1. The fraction of sp³-hybridized carbons (Fsp3) is 0.929. The van der Waals surface area contributed by atoms with Crippen LogP contribution in [-0.4, -0.2) is 25.3 Å². The van der Waals surface area contributed by atoms with E-state index in [1.165, 1.54) is 25.7 Å². The van der Waals surface area contributed by atoms with Gasteiger partial charge in [-0.2, -0.15) is 5.26 Å². The molecule has 1 N–H and O–H groups in total. The normalized spacial score (nSPS) is 34.0. The minimum absolute atomic E-state index is 0.288. The maximum atomic E-state index is 9.25. The number of nitrogens with zero attached hydrogens (tertiary/aromatic N) is 1. The zero-order valence-corrected chi connectivity index (χ0v) is 10.9. The maximum absolute atomic E-state index is 9.25. The van der Waals surface area contributed by atoms with E-state index in [1.54, 1.807) is 0 Å². The average molecular weight is 236 g/mol. The Bertz CT molecular complexity index is 282. The number of rotatable bonds is 5. The first-order valence-corrected chi connectivity index (χ1v) is 7.00. The fourth-order valence-corrected chi connectivity index (χ4v) is 2.93. The Kier molecular flexibility index (Phi) is 4.42. The molecule has 2 aliphatic carbocycles. The number of nitrogens with one attached hydrogen (secondary N) is 1. The second kappa shape index (κ2) is 5.84. The summed E-state index contributed by atoms with van der Waals surface area (Å²) in [6.45, 7) is 0.889. The van der Waals surface area contributed by atoms with Crippen LogP contribution < -0.4 is 5.32 Å². The molecule has 2 unspecified atom stereocenters. The zero-order valence-electron chi connectivity index (χ0n) is 10.9. The lowest BCUT2D eigenvalue weighted by Crippen LogP contribution is -2.47. The van der Waals surface area contributed by atoms with E-state index >= 15 is 0 Å². The van der Waals surface area contributed by atoms with Gasteiger partial charge < -0.3 is 10.1 Å². The van der Waals surface area contributed by atoms with Gasteiger partial charge in [0.15, 0.2) is 0 Å².